The van der Waals surface area contributed by atoms with Crippen molar-refractivity contribution in [3.63, 3.8) is 0 Å². The van der Waals surface area contributed by atoms with Gasteiger partial charge in [-0.15, -0.1) is 0 Å². The number of halogens is 1. The van der Waals surface area contributed by atoms with Gasteiger partial charge >= 0.3 is 5.97 Å². The SMILES string of the molecule is COC(=O)Cc1c(C)cc([N+](=O)[O-])cc1Br. The maximum Gasteiger partial charge on any atom is 0.310 e. The molecule has 0 spiro atoms. The molecule has 0 radical (unpaired) electrons. The van der Waals surface area contributed by atoms with Crippen LogP contribution in [0.4, 0.5) is 5.69 Å². The van der Waals surface area contributed by atoms with E-state index >= 15 is 0 Å². The van der Waals surface area contributed by atoms with Crippen molar-refractivity contribution in [2.45, 2.75) is 13.3 Å². The molecule has 0 fully saturated rings. The minimum atomic E-state index is -0.473. The van der Waals surface area contributed by atoms with Gasteiger partial charge in [0, 0.05) is 16.6 Å². The number of hydrogen-bond acceptors (Lipinski definition) is 4. The van der Waals surface area contributed by atoms with Crippen molar-refractivity contribution in [2.75, 3.05) is 7.11 Å². The number of benzene rings is 1. The van der Waals surface area contributed by atoms with Crippen molar-refractivity contribution in [1.82, 2.24) is 0 Å². The fourth-order valence-corrected chi connectivity index (χ4v) is 1.99. The van der Waals surface area contributed by atoms with Crippen LogP contribution in [0.1, 0.15) is 11.1 Å². The fraction of sp³-hybridized carbons (Fsp3) is 0.300. The van der Waals surface area contributed by atoms with E-state index in [0.29, 0.717) is 15.6 Å². The van der Waals surface area contributed by atoms with Crippen LogP contribution in [-0.4, -0.2) is 18.0 Å². The molecule has 6 heteroatoms. The number of nitrogens with zero attached hydrogens (tertiary/aromatic N) is 1. The summed E-state index contributed by atoms with van der Waals surface area (Å²) in [5, 5.41) is 10.6. The molecule has 0 bridgehead atoms. The minimum Gasteiger partial charge on any atom is -0.469 e. The highest BCUT2D eigenvalue weighted by molar-refractivity contribution is 9.10. The molecule has 0 atom stereocenters. The van der Waals surface area contributed by atoms with E-state index in [1.54, 1.807) is 6.92 Å². The van der Waals surface area contributed by atoms with E-state index in [2.05, 4.69) is 20.7 Å². The third-order valence-corrected chi connectivity index (χ3v) is 2.87. The number of nitro groups is 1. The van der Waals surface area contributed by atoms with Gasteiger partial charge in [0.1, 0.15) is 0 Å². The lowest BCUT2D eigenvalue weighted by Gasteiger charge is -2.07. The molecular formula is C10H10BrNO4. The Labute approximate surface area is 101 Å². The summed E-state index contributed by atoms with van der Waals surface area (Å²) in [7, 11) is 1.30. The number of methoxy groups -OCH3 is 1. The molecule has 16 heavy (non-hydrogen) atoms. The highest BCUT2D eigenvalue weighted by Gasteiger charge is 2.15. The van der Waals surface area contributed by atoms with E-state index in [0.717, 1.165) is 0 Å². The molecule has 0 amide bonds. The van der Waals surface area contributed by atoms with Crippen LogP contribution < -0.4 is 0 Å². The topological polar surface area (TPSA) is 69.4 Å². The number of carbonyl (C=O) groups is 1. The Hall–Kier alpha value is -1.43. The number of carbonyl (C=O) groups excluding carboxylic acids is 1. The van der Waals surface area contributed by atoms with Gasteiger partial charge in [0.05, 0.1) is 18.5 Å². The first kappa shape index (κ1) is 12.6. The Morgan fingerprint density at radius 2 is 2.19 bits per heavy atom. The number of rotatable bonds is 3. The minimum absolute atomic E-state index is 0.00186. The van der Waals surface area contributed by atoms with E-state index in [4.69, 9.17) is 0 Å². The van der Waals surface area contributed by atoms with Gasteiger partial charge in [-0.05, 0) is 18.1 Å². The van der Waals surface area contributed by atoms with Crippen molar-refractivity contribution in [1.29, 1.82) is 0 Å². The molecule has 1 aromatic carbocycles. The molecule has 0 aliphatic carbocycles. The molecule has 0 unspecified atom stereocenters. The summed E-state index contributed by atoms with van der Waals surface area (Å²) in [5.74, 6) is -0.377. The first-order valence-corrected chi connectivity index (χ1v) is 5.25. The second kappa shape index (κ2) is 5.07. The number of non-ortho nitro benzene ring substituents is 1. The van der Waals surface area contributed by atoms with Gasteiger partial charge in [-0.2, -0.15) is 0 Å². The lowest BCUT2D eigenvalue weighted by molar-refractivity contribution is -0.385. The summed E-state index contributed by atoms with van der Waals surface area (Å²) in [6, 6.07) is 2.81. The van der Waals surface area contributed by atoms with Crippen molar-refractivity contribution in [3.8, 4) is 0 Å². The number of esters is 1. The molecule has 0 aromatic heterocycles. The first-order valence-electron chi connectivity index (χ1n) is 4.46. The van der Waals surface area contributed by atoms with E-state index in [1.165, 1.54) is 19.2 Å². The molecule has 0 saturated carbocycles. The molecule has 0 N–H and O–H groups in total. The van der Waals surface area contributed by atoms with Crippen LogP contribution in [0.15, 0.2) is 16.6 Å². The first-order chi connectivity index (χ1) is 7.45. The third-order valence-electron chi connectivity index (χ3n) is 2.16. The zero-order valence-electron chi connectivity index (χ0n) is 8.82. The largest absolute Gasteiger partial charge is 0.469 e. The molecule has 86 valence electrons. The number of nitro benzene ring substituents is 1. The molecule has 0 aliphatic rings. The molecule has 5 nitrogen and oxygen atoms in total. The van der Waals surface area contributed by atoms with Gasteiger partial charge in [0.25, 0.3) is 5.69 Å². The van der Waals surface area contributed by atoms with Gasteiger partial charge in [0.15, 0.2) is 0 Å². The summed E-state index contributed by atoms with van der Waals surface area (Å²) in [5.41, 5.74) is 1.39. The summed E-state index contributed by atoms with van der Waals surface area (Å²) < 4.78 is 5.09. The van der Waals surface area contributed by atoms with E-state index < -0.39 is 4.92 Å². The second-order valence-electron chi connectivity index (χ2n) is 3.23. The standard InChI is InChI=1S/C10H10BrNO4/c1-6-3-7(12(14)15)4-9(11)8(6)5-10(13)16-2/h3-4H,5H2,1-2H3. The Balaban J connectivity index is 3.12. The monoisotopic (exact) mass is 287 g/mol. The van der Waals surface area contributed by atoms with Crippen LogP contribution >= 0.6 is 15.9 Å². The number of aryl methyl sites for hydroxylation is 1. The van der Waals surface area contributed by atoms with Crippen LogP contribution in [0.3, 0.4) is 0 Å². The van der Waals surface area contributed by atoms with Gasteiger partial charge in [-0.3, -0.25) is 14.9 Å². The normalized spacial score (nSPS) is 9.94. The molecule has 0 saturated heterocycles. The maximum absolute atomic E-state index is 11.1. The van der Waals surface area contributed by atoms with Crippen molar-refractivity contribution in [3.05, 3.63) is 37.8 Å². The lowest BCUT2D eigenvalue weighted by atomic mass is 10.1. The van der Waals surface area contributed by atoms with E-state index in [-0.39, 0.29) is 18.1 Å². The van der Waals surface area contributed by atoms with Crippen molar-refractivity contribution >= 4 is 27.6 Å². The van der Waals surface area contributed by atoms with Crippen LogP contribution in [0.2, 0.25) is 0 Å². The van der Waals surface area contributed by atoms with Gasteiger partial charge in [-0.1, -0.05) is 15.9 Å². The van der Waals surface area contributed by atoms with Gasteiger partial charge in [-0.25, -0.2) is 0 Å². The second-order valence-corrected chi connectivity index (χ2v) is 4.09. The zero-order chi connectivity index (χ0) is 12.3. The van der Waals surface area contributed by atoms with Crippen LogP contribution in [0, 0.1) is 17.0 Å². The molecule has 0 aliphatic heterocycles. The Morgan fingerprint density at radius 1 is 1.56 bits per heavy atom. The fourth-order valence-electron chi connectivity index (χ4n) is 1.30. The molecular weight excluding hydrogens is 278 g/mol. The highest BCUT2D eigenvalue weighted by Crippen LogP contribution is 2.27. The van der Waals surface area contributed by atoms with Crippen molar-refractivity contribution < 1.29 is 14.5 Å². The van der Waals surface area contributed by atoms with Crippen LogP contribution in [-0.2, 0) is 16.0 Å². The third kappa shape index (κ3) is 2.79. The zero-order valence-corrected chi connectivity index (χ0v) is 10.4. The summed E-state index contributed by atoms with van der Waals surface area (Å²) in [6.07, 6.45) is 0.0981. The van der Waals surface area contributed by atoms with Crippen LogP contribution in [0.25, 0.3) is 0 Å². The number of hydrogen-bond donors (Lipinski definition) is 0. The number of ether oxygens (including phenoxy) is 1. The van der Waals surface area contributed by atoms with Gasteiger partial charge < -0.3 is 4.74 Å². The maximum atomic E-state index is 11.1. The summed E-state index contributed by atoms with van der Waals surface area (Å²) >= 11 is 3.21. The smallest absolute Gasteiger partial charge is 0.310 e. The van der Waals surface area contributed by atoms with Crippen molar-refractivity contribution in [2.24, 2.45) is 0 Å². The van der Waals surface area contributed by atoms with E-state index in [1.807, 2.05) is 0 Å². The molecule has 1 rings (SSSR count). The Kier molecular flexibility index (Phi) is 4.00. The lowest BCUT2D eigenvalue weighted by Crippen LogP contribution is -2.07. The Bertz CT molecular complexity index is 421. The summed E-state index contributed by atoms with van der Waals surface area (Å²) in [4.78, 5) is 21.2. The predicted molar refractivity (Wildman–Crippen MR) is 61.3 cm³/mol. The Morgan fingerprint density at radius 3 is 2.62 bits per heavy atom. The molecule has 0 heterocycles. The van der Waals surface area contributed by atoms with E-state index in [9.17, 15) is 14.9 Å². The predicted octanol–water partition coefficient (Wildman–Crippen LogP) is 2.38. The van der Waals surface area contributed by atoms with Crippen LogP contribution in [0.5, 0.6) is 0 Å². The quantitative estimate of drug-likeness (QED) is 0.486. The molecule has 1 aromatic rings. The highest BCUT2D eigenvalue weighted by atomic mass is 79.9. The average Bonchev–Trinajstić information content (AvgIpc) is 2.22. The van der Waals surface area contributed by atoms with Gasteiger partial charge in [0.2, 0.25) is 0 Å². The average molecular weight is 288 g/mol. The summed E-state index contributed by atoms with van der Waals surface area (Å²) in [6.45, 7) is 1.72.